The zero-order valence-corrected chi connectivity index (χ0v) is 20.8. The van der Waals surface area contributed by atoms with Crippen LogP contribution < -0.4 is 4.72 Å². The van der Waals surface area contributed by atoms with Gasteiger partial charge in [0.15, 0.2) is 5.82 Å². The van der Waals surface area contributed by atoms with Gasteiger partial charge in [0, 0.05) is 18.0 Å². The van der Waals surface area contributed by atoms with E-state index < -0.39 is 45.6 Å². The number of alkyl halides is 3. The summed E-state index contributed by atoms with van der Waals surface area (Å²) in [7, 11) is -5.61. The number of sulfonamides is 1. The lowest BCUT2D eigenvalue weighted by molar-refractivity contribution is -0.0480. The Kier molecular flexibility index (Phi) is 7.50. The monoisotopic (exact) mass is 538 g/mol. The second-order valence-corrected chi connectivity index (χ2v) is 11.7. The second-order valence-electron chi connectivity index (χ2n) is 10.0. The molecule has 5 atom stereocenters. The first-order chi connectivity index (χ1) is 16.8. The van der Waals surface area contributed by atoms with Gasteiger partial charge >= 0.3 is 21.6 Å². The van der Waals surface area contributed by atoms with Crippen molar-refractivity contribution < 1.29 is 40.2 Å². The molecule has 202 valence electrons. The Morgan fingerprint density at radius 1 is 1.28 bits per heavy atom. The quantitative estimate of drug-likeness (QED) is 0.531. The van der Waals surface area contributed by atoms with Gasteiger partial charge in [-0.1, -0.05) is 0 Å². The zero-order valence-electron chi connectivity index (χ0n) is 20.0. The second kappa shape index (κ2) is 10.0. The summed E-state index contributed by atoms with van der Waals surface area (Å²) in [6.07, 6.45) is 4.13. The normalized spacial score (nSPS) is 30.7. The summed E-state index contributed by atoms with van der Waals surface area (Å²) >= 11 is 0. The molecule has 0 radical (unpaired) electrons. The smallest absolute Gasteiger partial charge is 0.447 e. The van der Waals surface area contributed by atoms with E-state index in [1.165, 1.54) is 4.90 Å². The highest BCUT2D eigenvalue weighted by molar-refractivity contribution is 7.90. The van der Waals surface area contributed by atoms with Gasteiger partial charge in [0.05, 0.1) is 37.3 Å². The van der Waals surface area contributed by atoms with E-state index in [9.17, 15) is 30.8 Å². The van der Waals surface area contributed by atoms with Crippen LogP contribution >= 0.6 is 0 Å². The number of fused-ring (bicyclic) bond motifs is 1. The maximum absolute atomic E-state index is 13.2. The molecule has 4 rings (SSSR count). The Labute approximate surface area is 207 Å². The molecule has 0 spiro atoms. The summed E-state index contributed by atoms with van der Waals surface area (Å²) < 4.78 is 89.0. The molecule has 1 amide bonds. The molecule has 1 aromatic rings. The predicted molar refractivity (Wildman–Crippen MR) is 119 cm³/mol. The number of nitrogens with zero attached hydrogens (tertiary/aromatic N) is 3. The van der Waals surface area contributed by atoms with Gasteiger partial charge in [0.2, 0.25) is 0 Å². The van der Waals surface area contributed by atoms with Gasteiger partial charge in [-0.3, -0.25) is 0 Å². The minimum atomic E-state index is -5.61. The van der Waals surface area contributed by atoms with E-state index in [1.807, 2.05) is 0 Å². The number of aromatic nitrogens is 2. The fourth-order valence-corrected chi connectivity index (χ4v) is 6.16. The molecule has 1 aromatic heterocycles. The maximum Gasteiger partial charge on any atom is 0.511 e. The van der Waals surface area contributed by atoms with Crippen molar-refractivity contribution in [2.24, 2.45) is 5.92 Å². The van der Waals surface area contributed by atoms with E-state index in [4.69, 9.17) is 9.47 Å². The molecular formula is C22H30F4N4O5S. The lowest BCUT2D eigenvalue weighted by Crippen LogP contribution is -2.60. The Balaban J connectivity index is 1.43. The number of ether oxygens (including phenoxy) is 2. The molecule has 4 unspecified atom stereocenters. The number of rotatable bonds is 7. The van der Waals surface area contributed by atoms with Crippen molar-refractivity contribution in [3.8, 4) is 0 Å². The van der Waals surface area contributed by atoms with Crippen LogP contribution in [0.4, 0.5) is 22.4 Å². The number of halogens is 4. The van der Waals surface area contributed by atoms with E-state index in [0.29, 0.717) is 31.5 Å². The molecule has 9 nitrogen and oxygen atoms in total. The topological polar surface area (TPSA) is 111 Å². The Bertz CT molecular complexity index is 1060. The van der Waals surface area contributed by atoms with Crippen LogP contribution in [-0.4, -0.2) is 72.3 Å². The third-order valence-corrected chi connectivity index (χ3v) is 8.44. The van der Waals surface area contributed by atoms with Crippen molar-refractivity contribution in [1.82, 2.24) is 19.6 Å². The fourth-order valence-electron chi connectivity index (χ4n) is 5.35. The minimum absolute atomic E-state index is 0.118. The van der Waals surface area contributed by atoms with E-state index in [-0.39, 0.29) is 37.0 Å². The van der Waals surface area contributed by atoms with Crippen LogP contribution in [-0.2, 0) is 24.9 Å². The van der Waals surface area contributed by atoms with Gasteiger partial charge in [-0.2, -0.15) is 13.2 Å². The van der Waals surface area contributed by atoms with Gasteiger partial charge in [-0.25, -0.2) is 32.3 Å². The Morgan fingerprint density at radius 3 is 2.58 bits per heavy atom. The van der Waals surface area contributed by atoms with Gasteiger partial charge < -0.3 is 14.4 Å². The highest BCUT2D eigenvalue weighted by atomic mass is 32.2. The molecule has 1 aliphatic heterocycles. The number of likely N-dealkylation sites (tertiary alicyclic amines) is 1. The van der Waals surface area contributed by atoms with Gasteiger partial charge in [-0.15, -0.1) is 0 Å². The molecule has 2 heterocycles. The molecule has 2 aliphatic carbocycles. The summed E-state index contributed by atoms with van der Waals surface area (Å²) in [5.74, 6) is 0.326. The van der Waals surface area contributed by atoms with Crippen LogP contribution in [0.2, 0.25) is 0 Å². The van der Waals surface area contributed by atoms with Crippen LogP contribution in [0.15, 0.2) is 12.4 Å². The standard InChI is InChI=1S/C22H30F4N4O5S/c1-13(2)35-20(31)30-7-3-4-17(29-36(32,33)22(24,25)26)18(30)12-34-16-5-6-21(9-14(21)8-16)19-27-10-15(23)11-28-19/h10-11,13-14,16-18,29H,3-9,12H2,1-2H3/t14?,16?,17?,18-,21?/m0/s1. The maximum atomic E-state index is 13.2. The molecule has 0 bridgehead atoms. The highest BCUT2D eigenvalue weighted by Gasteiger charge is 2.60. The first kappa shape index (κ1) is 27.0. The fraction of sp³-hybridized carbons (Fsp3) is 0.773. The number of piperidine rings is 1. The van der Waals surface area contributed by atoms with Crippen LogP contribution in [0.5, 0.6) is 0 Å². The summed E-state index contributed by atoms with van der Waals surface area (Å²) in [5, 5.41) is 0. The molecule has 2 saturated carbocycles. The average molecular weight is 539 g/mol. The third-order valence-electron chi connectivity index (χ3n) is 7.22. The van der Waals surface area contributed by atoms with Gasteiger partial charge in [0.25, 0.3) is 0 Å². The van der Waals surface area contributed by atoms with Crippen LogP contribution in [0.1, 0.15) is 58.2 Å². The van der Waals surface area contributed by atoms with Crippen molar-refractivity contribution in [3.63, 3.8) is 0 Å². The number of nitrogens with one attached hydrogen (secondary N) is 1. The minimum Gasteiger partial charge on any atom is -0.447 e. The third kappa shape index (κ3) is 5.59. The number of hydrogen-bond donors (Lipinski definition) is 1. The predicted octanol–water partition coefficient (Wildman–Crippen LogP) is 3.26. The van der Waals surface area contributed by atoms with Gasteiger partial charge in [0.1, 0.15) is 5.82 Å². The molecular weight excluding hydrogens is 508 g/mol. The van der Waals surface area contributed by atoms with E-state index in [1.54, 1.807) is 18.6 Å². The molecule has 36 heavy (non-hydrogen) atoms. The van der Waals surface area contributed by atoms with E-state index >= 15 is 0 Å². The molecule has 14 heteroatoms. The van der Waals surface area contributed by atoms with Crippen LogP contribution in [0, 0.1) is 11.7 Å². The molecule has 3 fully saturated rings. The van der Waals surface area contributed by atoms with Crippen molar-refractivity contribution in [3.05, 3.63) is 24.0 Å². The van der Waals surface area contributed by atoms with E-state index in [0.717, 1.165) is 18.8 Å². The number of carbonyl (C=O) groups is 1. The lowest BCUT2D eigenvalue weighted by Gasteiger charge is -2.41. The van der Waals surface area contributed by atoms with Crippen LogP contribution in [0.25, 0.3) is 0 Å². The largest absolute Gasteiger partial charge is 0.511 e. The lowest BCUT2D eigenvalue weighted by atomic mass is 9.86. The summed E-state index contributed by atoms with van der Waals surface area (Å²) in [6.45, 7) is 3.36. The Morgan fingerprint density at radius 2 is 1.97 bits per heavy atom. The zero-order chi connectivity index (χ0) is 26.3. The molecule has 3 aliphatic rings. The summed E-state index contributed by atoms with van der Waals surface area (Å²) in [5.41, 5.74) is -5.68. The van der Waals surface area contributed by atoms with Gasteiger partial charge in [-0.05, 0) is 58.3 Å². The number of carbonyl (C=O) groups excluding carboxylic acids is 1. The summed E-state index contributed by atoms with van der Waals surface area (Å²) in [6, 6.07) is -2.14. The van der Waals surface area contributed by atoms with Crippen molar-refractivity contribution in [2.75, 3.05) is 13.2 Å². The number of amides is 1. The van der Waals surface area contributed by atoms with E-state index in [2.05, 4.69) is 9.97 Å². The SMILES string of the molecule is CC(C)OC(=O)N1CCCC(NS(=O)(=O)C(F)(F)F)[C@@H]1COC1CCC2(c3ncc(F)cn3)CC2C1. The highest BCUT2D eigenvalue weighted by Crippen LogP contribution is 2.61. The average Bonchev–Trinajstić information content (AvgIpc) is 3.52. The first-order valence-electron chi connectivity index (χ1n) is 12.0. The summed E-state index contributed by atoms with van der Waals surface area (Å²) in [4.78, 5) is 22.2. The first-order valence-corrected chi connectivity index (χ1v) is 13.5. The molecule has 0 aromatic carbocycles. The van der Waals surface area contributed by atoms with Crippen molar-refractivity contribution in [2.45, 2.75) is 87.6 Å². The van der Waals surface area contributed by atoms with Crippen molar-refractivity contribution in [1.29, 1.82) is 0 Å². The molecule has 1 saturated heterocycles. The van der Waals surface area contributed by atoms with Crippen molar-refractivity contribution >= 4 is 16.1 Å². The Hall–Kier alpha value is -2.06. The van der Waals surface area contributed by atoms with Crippen LogP contribution in [0.3, 0.4) is 0 Å². The number of hydrogen-bond acceptors (Lipinski definition) is 7. The molecule has 1 N–H and O–H groups in total.